The minimum atomic E-state index is -5.62. The van der Waals surface area contributed by atoms with Gasteiger partial charge in [-0.25, -0.2) is 13.2 Å². The summed E-state index contributed by atoms with van der Waals surface area (Å²) in [6.07, 6.45) is -24.5. The summed E-state index contributed by atoms with van der Waals surface area (Å²) in [6, 6.07) is 4.44. The number of carboxylic acid groups (broad SMARTS) is 1. The molecule has 0 bridgehead atoms. The molecule has 13 N–H and O–H groups in total. The lowest BCUT2D eigenvalue weighted by atomic mass is 9.95. The molecule has 3 saturated heterocycles. The van der Waals surface area contributed by atoms with Crippen molar-refractivity contribution in [3.05, 3.63) is 24.3 Å². The van der Waals surface area contributed by atoms with Gasteiger partial charge in [-0.3, -0.25) is 18.7 Å². The number of aliphatic carboxylic acids is 1. The van der Waals surface area contributed by atoms with Crippen molar-refractivity contribution in [2.75, 3.05) is 36.1 Å². The van der Waals surface area contributed by atoms with E-state index in [2.05, 4.69) is 24.3 Å². The summed E-state index contributed by atoms with van der Waals surface area (Å²) >= 11 is 0. The summed E-state index contributed by atoms with van der Waals surface area (Å²) in [5.74, 6) is -1.93. The van der Waals surface area contributed by atoms with Gasteiger partial charge in [0.25, 0.3) is 0 Å². The topological polar surface area (TPSA) is 413 Å². The van der Waals surface area contributed by atoms with Crippen LogP contribution in [0, 0.1) is 0 Å². The van der Waals surface area contributed by atoms with E-state index in [0.717, 1.165) is 38.4 Å². The van der Waals surface area contributed by atoms with Crippen LogP contribution in [-0.4, -0.2) is 201 Å². The number of unbranched alkanes of at least 4 members (excludes halogenated alkanes) is 1. The number of aliphatic hydroxyl groups excluding tert-OH is 7. The normalized spacial score (nSPS) is 30.8. The molecular formula is C34H53N3O23S4. The zero-order valence-corrected chi connectivity index (χ0v) is 37.0. The van der Waals surface area contributed by atoms with E-state index in [9.17, 15) is 81.2 Å². The fourth-order valence-electron chi connectivity index (χ4n) is 6.70. The maximum absolute atomic E-state index is 12.5. The quantitative estimate of drug-likeness (QED) is 0.0274. The van der Waals surface area contributed by atoms with E-state index in [1.165, 1.54) is 0 Å². The summed E-state index contributed by atoms with van der Waals surface area (Å²) < 4.78 is 96.5. The monoisotopic (exact) mass is 999 g/mol. The molecule has 1 aromatic rings. The number of carbonyl (C=O) groups excluding carboxylic acids is 2. The lowest BCUT2D eigenvalue weighted by molar-refractivity contribution is -0.339. The second-order valence-electron chi connectivity index (χ2n) is 14.8. The number of hydrogen-bond donors (Lipinski definition) is 13. The summed E-state index contributed by atoms with van der Waals surface area (Å²) in [5, 5.41) is 92.1. The molecule has 26 nitrogen and oxygen atoms in total. The Morgan fingerprint density at radius 2 is 1.58 bits per heavy atom. The highest BCUT2D eigenvalue weighted by atomic mass is 33.1. The molecule has 4 rings (SSSR count). The number of benzene rings is 1. The van der Waals surface area contributed by atoms with Crippen molar-refractivity contribution in [2.45, 2.75) is 130 Å². The van der Waals surface area contributed by atoms with Gasteiger partial charge in [0.05, 0.1) is 19.3 Å². The molecule has 0 saturated carbocycles. The Morgan fingerprint density at radius 3 is 2.20 bits per heavy atom. The van der Waals surface area contributed by atoms with Gasteiger partial charge in [-0.1, -0.05) is 34.1 Å². The maximum Gasteiger partial charge on any atom is 0.397 e. The third-order valence-corrected chi connectivity index (χ3v) is 13.8. The second kappa shape index (κ2) is 24.5. The molecule has 2 amide bonds. The number of hydrogen-bond acceptors (Lipinski definition) is 23. The molecule has 0 aliphatic carbocycles. The van der Waals surface area contributed by atoms with E-state index in [1.54, 1.807) is 24.3 Å². The average Bonchev–Trinajstić information content (AvgIpc) is 3.74. The highest BCUT2D eigenvalue weighted by Gasteiger charge is 2.55. The predicted octanol–water partition coefficient (Wildman–Crippen LogP) is -3.27. The first-order valence-electron chi connectivity index (χ1n) is 19.5. The minimum Gasteiger partial charge on any atom is -0.479 e. The molecule has 3 heterocycles. The van der Waals surface area contributed by atoms with Crippen LogP contribution in [0.1, 0.15) is 39.0 Å². The first kappa shape index (κ1) is 54.0. The van der Waals surface area contributed by atoms with Crippen LogP contribution in [0.15, 0.2) is 24.3 Å². The van der Waals surface area contributed by atoms with Crippen LogP contribution < -0.4 is 16.0 Å². The van der Waals surface area contributed by atoms with Crippen molar-refractivity contribution < 1.29 is 108 Å². The molecule has 3 aliphatic rings. The number of nitrogens with one attached hydrogen (secondary N) is 3. The number of rotatable bonds is 24. The summed E-state index contributed by atoms with van der Waals surface area (Å²) in [5.41, 5.74) is 0.842. The lowest BCUT2D eigenvalue weighted by Gasteiger charge is -2.48. The smallest absolute Gasteiger partial charge is 0.397 e. The average molecular weight is 1000 g/mol. The van der Waals surface area contributed by atoms with Crippen molar-refractivity contribution >= 4 is 71.5 Å². The van der Waals surface area contributed by atoms with Gasteiger partial charge in [-0.15, -0.1) is 0 Å². The standard InChI is InChI=1S/C34H53N3O23S4/c1-15(38)36-23-30(58-34-28(46)26(44)27(45)31(59-34)32(47)48)29(60-64(52,53)54)21(14-56-63(49,50)51)57-33(23)55-13-20(40)25(43)24(42)19(39)12-35-16-5-4-6-17(11-16)37-22(41)8-3-2-7-18-9-10-61-62-18/h4-6,11,18-21,23-31,33-35,39-40,42-46H,2-3,7-10,12-14H2,1H3,(H,36,38)(H,37,41)(H,47,48)(H,49,50,51)(H,52,53,54)/t18?,19-,20+,21+,23+,24+,25+,26-,27-,28+,29-,30+,31-,33-,34+/m0/s1. The highest BCUT2D eigenvalue weighted by Crippen LogP contribution is 2.40. The summed E-state index contributed by atoms with van der Waals surface area (Å²) in [6.45, 7) is -2.00. The zero-order chi connectivity index (χ0) is 47.5. The molecule has 30 heteroatoms. The summed E-state index contributed by atoms with van der Waals surface area (Å²) in [7, 11) is -7.23. The molecule has 3 aliphatic heterocycles. The Kier molecular flexibility index (Phi) is 20.6. The molecule has 1 aromatic carbocycles. The van der Waals surface area contributed by atoms with Crippen LogP contribution in [0.25, 0.3) is 0 Å². The van der Waals surface area contributed by atoms with Crippen molar-refractivity contribution in [2.24, 2.45) is 0 Å². The molecule has 15 atom stereocenters. The van der Waals surface area contributed by atoms with Crippen molar-refractivity contribution in [1.29, 1.82) is 0 Å². The molecule has 0 radical (unpaired) electrons. The molecule has 1 unspecified atom stereocenters. The Balaban J connectivity index is 1.44. The number of ether oxygens (including phenoxy) is 4. The fourth-order valence-corrected chi connectivity index (χ4v) is 10.5. The lowest BCUT2D eigenvalue weighted by Crippen LogP contribution is -2.69. The third-order valence-electron chi connectivity index (χ3n) is 9.87. The van der Waals surface area contributed by atoms with Crippen molar-refractivity contribution in [3.8, 4) is 0 Å². The van der Waals surface area contributed by atoms with Gasteiger partial charge in [0.1, 0.15) is 61.0 Å². The Labute approximate surface area is 374 Å². The van der Waals surface area contributed by atoms with E-state index in [4.69, 9.17) is 18.9 Å². The van der Waals surface area contributed by atoms with Crippen LogP contribution in [0.5, 0.6) is 0 Å². The van der Waals surface area contributed by atoms with Crippen molar-refractivity contribution in [1.82, 2.24) is 5.32 Å². The van der Waals surface area contributed by atoms with E-state index in [0.29, 0.717) is 23.0 Å². The number of carbonyl (C=O) groups is 3. The van der Waals surface area contributed by atoms with Crippen LogP contribution in [0.4, 0.5) is 11.4 Å². The predicted molar refractivity (Wildman–Crippen MR) is 220 cm³/mol. The Hall–Kier alpha value is -2.57. The SMILES string of the molecule is CC(=O)N[C@H]1[C@@H](OC[C@@H](O)[C@@H](O)[C@H](O)[C@@H](O)CNc2cccc(NC(=O)CCCCC3CCSS3)c2)O[C@H](COS(=O)(=O)O)[C@H](OS(=O)(=O)O)[C@@H]1O[C@@H]1O[C@H](C(=O)O)[C@@H](O)[C@H](O)[C@H]1O. The number of carboxylic acids is 1. The largest absolute Gasteiger partial charge is 0.479 e. The van der Waals surface area contributed by atoms with E-state index >= 15 is 0 Å². The zero-order valence-electron chi connectivity index (χ0n) is 33.7. The van der Waals surface area contributed by atoms with Gasteiger partial charge in [-0.05, 0) is 37.5 Å². The van der Waals surface area contributed by atoms with E-state index < -0.39 is 138 Å². The van der Waals surface area contributed by atoms with Gasteiger partial charge in [-0.2, -0.15) is 16.8 Å². The molecule has 64 heavy (non-hydrogen) atoms. The van der Waals surface area contributed by atoms with Crippen LogP contribution in [0.3, 0.4) is 0 Å². The molecular weight excluding hydrogens is 947 g/mol. The van der Waals surface area contributed by atoms with Gasteiger partial charge >= 0.3 is 26.8 Å². The van der Waals surface area contributed by atoms with Crippen LogP contribution in [-0.2, 0) is 62.5 Å². The van der Waals surface area contributed by atoms with Gasteiger partial charge in [0.15, 0.2) is 18.7 Å². The van der Waals surface area contributed by atoms with E-state index in [-0.39, 0.29) is 5.91 Å². The first-order valence-corrected chi connectivity index (χ1v) is 24.6. The maximum atomic E-state index is 12.5. The molecule has 0 spiro atoms. The van der Waals surface area contributed by atoms with Crippen LogP contribution in [0.2, 0.25) is 0 Å². The fraction of sp³-hybridized carbons (Fsp3) is 0.735. The molecule has 3 fully saturated rings. The van der Waals surface area contributed by atoms with E-state index in [1.807, 2.05) is 21.6 Å². The first-order chi connectivity index (χ1) is 29.9. The van der Waals surface area contributed by atoms with Gasteiger partial charge in [0.2, 0.25) is 11.8 Å². The molecule has 0 aromatic heterocycles. The second-order valence-corrected chi connectivity index (χ2v) is 19.8. The number of amides is 2. The third kappa shape index (κ3) is 16.6. The minimum absolute atomic E-state index is 0.190. The summed E-state index contributed by atoms with van der Waals surface area (Å²) in [4.78, 5) is 36.7. The van der Waals surface area contributed by atoms with Crippen molar-refractivity contribution in [3.63, 3.8) is 0 Å². The molecule has 366 valence electrons. The Morgan fingerprint density at radius 1 is 0.891 bits per heavy atom. The van der Waals surface area contributed by atoms with Gasteiger partial charge < -0.3 is 75.8 Å². The highest BCUT2D eigenvalue weighted by molar-refractivity contribution is 8.77. The number of anilines is 2. The van der Waals surface area contributed by atoms with Crippen LogP contribution >= 0.6 is 21.6 Å². The Bertz CT molecular complexity index is 1910. The number of aliphatic hydroxyl groups is 7. The van der Waals surface area contributed by atoms with Gasteiger partial charge in [0, 0.05) is 42.3 Å².